The zero-order valence-corrected chi connectivity index (χ0v) is 17.5. The van der Waals surface area contributed by atoms with Crippen LogP contribution in [0.5, 0.6) is 0 Å². The molecular weight excluding hydrogens is 352 g/mol. The van der Waals surface area contributed by atoms with E-state index in [0.29, 0.717) is 6.92 Å². The molecule has 1 amide bonds. The van der Waals surface area contributed by atoms with Crippen molar-refractivity contribution >= 4 is 20.4 Å². The number of rotatable bonds is 7. The molecule has 0 heterocycles. The van der Waals surface area contributed by atoms with E-state index in [1.807, 2.05) is 26.1 Å². The van der Waals surface area contributed by atoms with E-state index in [0.717, 1.165) is 6.92 Å². The molecule has 0 fully saturated rings. The maximum absolute atomic E-state index is 14.2. The first kappa shape index (κ1) is 23.8. The number of ether oxygens (including phenoxy) is 1. The summed E-state index contributed by atoms with van der Waals surface area (Å²) >= 11 is 0. The minimum Gasteiger partial charge on any atom is -0.479 e. The van der Waals surface area contributed by atoms with Gasteiger partial charge in [0.1, 0.15) is 6.04 Å². The summed E-state index contributed by atoms with van der Waals surface area (Å²) < 4.78 is 39.1. The lowest BCUT2D eigenvalue weighted by molar-refractivity contribution is -0.169. The molecule has 0 radical (unpaired) electrons. The van der Waals surface area contributed by atoms with E-state index >= 15 is 0 Å². The normalized spacial score (nSPS) is 17.0. The molecule has 0 saturated heterocycles. The van der Waals surface area contributed by atoms with Crippen LogP contribution in [-0.2, 0) is 14.0 Å². The molecule has 2 N–H and O–H groups in total. The Morgan fingerprint density at radius 2 is 1.52 bits per heavy atom. The van der Waals surface area contributed by atoms with E-state index < -0.39 is 49.1 Å². The van der Waals surface area contributed by atoms with Crippen molar-refractivity contribution < 1.29 is 32.6 Å². The summed E-state index contributed by atoms with van der Waals surface area (Å²) in [5, 5.41) is 11.2. The van der Waals surface area contributed by atoms with Gasteiger partial charge in [-0.25, -0.2) is 18.4 Å². The summed E-state index contributed by atoms with van der Waals surface area (Å²) in [6, 6.07) is -2.10. The highest BCUT2D eigenvalue weighted by Crippen LogP contribution is 2.41. The number of carbonyl (C=O) groups excluding carboxylic acids is 1. The Hall–Kier alpha value is -1.22. The number of amides is 1. The van der Waals surface area contributed by atoms with Crippen molar-refractivity contribution in [3.05, 3.63) is 0 Å². The van der Waals surface area contributed by atoms with Gasteiger partial charge in [0.05, 0.1) is 6.10 Å². The molecule has 0 spiro atoms. The van der Waals surface area contributed by atoms with Crippen molar-refractivity contribution in [2.24, 2.45) is 0 Å². The Morgan fingerprint density at radius 3 is 1.80 bits per heavy atom. The number of alkyl carbamates (subject to hydrolysis) is 1. The second-order valence-electron chi connectivity index (χ2n) is 8.26. The summed E-state index contributed by atoms with van der Waals surface area (Å²) in [6.45, 7) is 13.8. The fourth-order valence-electron chi connectivity index (χ4n) is 2.02. The van der Waals surface area contributed by atoms with Gasteiger partial charge >= 0.3 is 12.1 Å². The lowest BCUT2D eigenvalue weighted by atomic mass is 9.92. The van der Waals surface area contributed by atoms with Crippen LogP contribution < -0.4 is 5.32 Å². The average Bonchev–Trinajstić information content (AvgIpc) is 2.31. The van der Waals surface area contributed by atoms with Gasteiger partial charge in [-0.2, -0.15) is 0 Å². The Morgan fingerprint density at radius 1 is 1.08 bits per heavy atom. The van der Waals surface area contributed by atoms with Gasteiger partial charge in [0, 0.05) is 6.92 Å². The highest BCUT2D eigenvalue weighted by Gasteiger charge is 2.58. The van der Waals surface area contributed by atoms with Gasteiger partial charge in [-0.3, -0.25) is 0 Å². The molecule has 148 valence electrons. The smallest absolute Gasteiger partial charge is 0.407 e. The average molecular weight is 384 g/mol. The summed E-state index contributed by atoms with van der Waals surface area (Å²) in [5.74, 6) is -5.13. The van der Waals surface area contributed by atoms with E-state index in [2.05, 4.69) is 0 Å². The fraction of sp³-hybridized carbons (Fsp3) is 0.875. The van der Waals surface area contributed by atoms with Crippen LogP contribution in [-0.4, -0.2) is 49.2 Å². The predicted molar refractivity (Wildman–Crippen MR) is 93.5 cm³/mol. The number of nitrogens with one attached hydrogen (secondary N) is 1. The lowest BCUT2D eigenvalue weighted by Gasteiger charge is -2.46. The molecule has 6 nitrogen and oxygen atoms in total. The van der Waals surface area contributed by atoms with Crippen LogP contribution >= 0.6 is 0 Å². The Bertz CT molecular complexity index is 500. The van der Waals surface area contributed by atoms with Crippen LogP contribution in [0.3, 0.4) is 0 Å². The molecule has 0 bridgehead atoms. The second-order valence-corrected chi connectivity index (χ2v) is 13.0. The van der Waals surface area contributed by atoms with E-state index in [4.69, 9.17) is 9.16 Å². The molecule has 0 aromatic carbocycles. The van der Waals surface area contributed by atoms with Gasteiger partial charge in [-0.05, 0) is 38.9 Å². The first-order valence-electron chi connectivity index (χ1n) is 8.13. The molecule has 0 aliphatic rings. The second kappa shape index (κ2) is 7.57. The number of hydrogen-bond acceptors (Lipinski definition) is 4. The van der Waals surface area contributed by atoms with E-state index in [-0.39, 0.29) is 0 Å². The van der Waals surface area contributed by atoms with Crippen molar-refractivity contribution in [3.8, 4) is 0 Å². The zero-order valence-electron chi connectivity index (χ0n) is 16.5. The third-order valence-corrected chi connectivity index (χ3v) is 8.91. The minimum absolute atomic E-state index is 0.407. The molecule has 0 aromatic rings. The van der Waals surface area contributed by atoms with Crippen molar-refractivity contribution in [2.45, 2.75) is 90.3 Å². The highest BCUT2D eigenvalue weighted by atomic mass is 28.4. The maximum Gasteiger partial charge on any atom is 0.407 e. The van der Waals surface area contributed by atoms with Crippen LogP contribution in [0, 0.1) is 0 Å². The summed E-state index contributed by atoms with van der Waals surface area (Å²) in [7, 11) is -2.73. The van der Waals surface area contributed by atoms with Crippen LogP contribution in [0.4, 0.5) is 13.6 Å². The van der Waals surface area contributed by atoms with Crippen molar-refractivity contribution in [1.82, 2.24) is 5.32 Å². The Labute approximate surface area is 149 Å². The summed E-state index contributed by atoms with van der Waals surface area (Å²) in [5.41, 5.74) is -2.32. The van der Waals surface area contributed by atoms with Gasteiger partial charge < -0.3 is 19.6 Å². The Balaban J connectivity index is 5.94. The number of carboxylic acid groups (broad SMARTS) is 1. The van der Waals surface area contributed by atoms with E-state index in [9.17, 15) is 23.5 Å². The molecule has 0 aliphatic heterocycles. The van der Waals surface area contributed by atoms with Gasteiger partial charge in [0.2, 0.25) is 0 Å². The number of alkyl halides is 2. The number of aliphatic carboxylic acids is 1. The zero-order chi connectivity index (χ0) is 20.4. The molecule has 0 saturated carbocycles. The molecule has 25 heavy (non-hydrogen) atoms. The van der Waals surface area contributed by atoms with Crippen LogP contribution in [0.2, 0.25) is 18.1 Å². The molecule has 9 heteroatoms. The Kier molecular flexibility index (Phi) is 7.20. The molecule has 0 aliphatic carbocycles. The molecular formula is C16H31F2NO5Si. The van der Waals surface area contributed by atoms with Gasteiger partial charge in [-0.1, -0.05) is 20.8 Å². The number of hydrogen-bond donors (Lipinski definition) is 2. The van der Waals surface area contributed by atoms with E-state index in [1.54, 1.807) is 26.9 Å². The summed E-state index contributed by atoms with van der Waals surface area (Å²) in [4.78, 5) is 23.7. The van der Waals surface area contributed by atoms with Crippen LogP contribution in [0.15, 0.2) is 0 Å². The van der Waals surface area contributed by atoms with Gasteiger partial charge in [0.15, 0.2) is 13.9 Å². The summed E-state index contributed by atoms with van der Waals surface area (Å²) in [6.07, 6.45) is -1.66. The lowest BCUT2D eigenvalue weighted by Crippen LogP contribution is -2.67. The number of carbonyl (C=O) groups is 2. The quantitative estimate of drug-likeness (QED) is 0.649. The van der Waals surface area contributed by atoms with E-state index in [1.165, 1.54) is 0 Å². The first-order valence-corrected chi connectivity index (χ1v) is 11.0. The molecule has 0 aromatic heterocycles. The van der Waals surface area contributed by atoms with Crippen molar-refractivity contribution in [2.75, 3.05) is 0 Å². The molecule has 2 atom stereocenters. The van der Waals surface area contributed by atoms with Gasteiger partial charge in [0.25, 0.3) is 5.92 Å². The van der Waals surface area contributed by atoms with Crippen molar-refractivity contribution in [1.29, 1.82) is 0 Å². The number of halogens is 2. The maximum atomic E-state index is 14.2. The van der Waals surface area contributed by atoms with Crippen molar-refractivity contribution in [3.63, 3.8) is 0 Å². The van der Waals surface area contributed by atoms with Crippen LogP contribution in [0.1, 0.15) is 48.5 Å². The third kappa shape index (κ3) is 6.21. The van der Waals surface area contributed by atoms with Gasteiger partial charge in [-0.15, -0.1) is 0 Å². The first-order chi connectivity index (χ1) is 10.8. The topological polar surface area (TPSA) is 84.9 Å². The van der Waals surface area contributed by atoms with Crippen LogP contribution in [0.25, 0.3) is 0 Å². The standard InChI is InChI=1S/C16H31F2NO5Si/c1-10(2)23-13(22)19-11(16(7,17)18)15(6,12(20)21)24-25(8,9)14(3,4)5/h10-11H,1-9H3,(H,19,22)(H,20,21)/t11-,15-/m1/s1. The number of carboxylic acids is 1. The highest BCUT2D eigenvalue weighted by molar-refractivity contribution is 6.74. The monoisotopic (exact) mass is 383 g/mol. The molecule has 0 unspecified atom stereocenters. The SMILES string of the molecule is CC(C)OC(=O)N[C@@H](C(C)(F)F)[C@@](C)(O[Si](C)(C)C(C)(C)C)C(=O)O. The third-order valence-electron chi connectivity index (χ3n) is 4.36. The minimum atomic E-state index is -3.55. The fourth-order valence-corrected chi connectivity index (χ4v) is 3.59. The largest absolute Gasteiger partial charge is 0.479 e. The molecule has 0 rings (SSSR count). The predicted octanol–water partition coefficient (Wildman–Crippen LogP) is 4.01.